The Hall–Kier alpha value is -1.14. The summed E-state index contributed by atoms with van der Waals surface area (Å²) >= 11 is 9.20. The number of aromatic nitrogens is 3. The number of benzene rings is 1. The zero-order valence-corrected chi connectivity index (χ0v) is 11.3. The maximum Gasteiger partial charge on any atom is 0.125 e. The van der Waals surface area contributed by atoms with E-state index in [0.717, 1.165) is 5.69 Å². The lowest BCUT2D eigenvalue weighted by Gasteiger charge is -2.10. The predicted molar refractivity (Wildman–Crippen MR) is 67.4 cm³/mol. The van der Waals surface area contributed by atoms with E-state index in [0.29, 0.717) is 21.7 Å². The Labute approximate surface area is 111 Å². The summed E-state index contributed by atoms with van der Waals surface area (Å²) in [5.74, 6) is -0.380. The first-order valence-electron chi connectivity index (χ1n) is 4.80. The van der Waals surface area contributed by atoms with Crippen molar-refractivity contribution in [2.45, 2.75) is 6.54 Å². The van der Waals surface area contributed by atoms with Crippen molar-refractivity contribution in [2.75, 3.05) is 5.32 Å². The van der Waals surface area contributed by atoms with Gasteiger partial charge < -0.3 is 5.32 Å². The molecule has 0 saturated heterocycles. The lowest BCUT2D eigenvalue weighted by Crippen LogP contribution is -2.06. The van der Waals surface area contributed by atoms with Gasteiger partial charge in [-0.3, -0.25) is 4.68 Å². The average Bonchev–Trinajstić information content (AvgIpc) is 2.62. The van der Waals surface area contributed by atoms with Gasteiger partial charge in [0.05, 0.1) is 29.1 Å². The Morgan fingerprint density at radius 3 is 2.88 bits per heavy atom. The lowest BCUT2D eigenvalue weighted by molar-refractivity contribution is 0.627. The molecule has 0 aliphatic carbocycles. The Morgan fingerprint density at radius 1 is 1.53 bits per heavy atom. The molecule has 0 atom stereocenters. The van der Waals surface area contributed by atoms with Crippen LogP contribution in [0.3, 0.4) is 0 Å². The minimum atomic E-state index is -0.380. The molecular weight excluding hydrogens is 310 g/mol. The van der Waals surface area contributed by atoms with Gasteiger partial charge in [0.15, 0.2) is 0 Å². The molecule has 2 aromatic rings. The third-order valence-corrected chi connectivity index (χ3v) is 3.18. The van der Waals surface area contributed by atoms with E-state index in [4.69, 9.17) is 11.6 Å². The molecule has 1 aromatic carbocycles. The van der Waals surface area contributed by atoms with Crippen LogP contribution >= 0.6 is 27.5 Å². The molecule has 7 heteroatoms. The van der Waals surface area contributed by atoms with Crippen molar-refractivity contribution < 1.29 is 4.39 Å². The van der Waals surface area contributed by atoms with Gasteiger partial charge in [0, 0.05) is 11.5 Å². The van der Waals surface area contributed by atoms with Gasteiger partial charge in [-0.15, -0.1) is 5.10 Å². The molecular formula is C10H9BrClFN4. The average molecular weight is 320 g/mol. The second-order valence-corrected chi connectivity index (χ2v) is 4.71. The number of hydrogen-bond donors (Lipinski definition) is 1. The van der Waals surface area contributed by atoms with Crippen LogP contribution in [0.15, 0.2) is 22.8 Å². The first kappa shape index (κ1) is 12.3. The van der Waals surface area contributed by atoms with Gasteiger partial charge in [0.25, 0.3) is 0 Å². The fraction of sp³-hybridized carbons (Fsp3) is 0.200. The number of hydrogen-bond acceptors (Lipinski definition) is 3. The molecule has 0 aliphatic rings. The molecule has 2 rings (SSSR count). The third-order valence-electron chi connectivity index (χ3n) is 2.26. The quantitative estimate of drug-likeness (QED) is 0.946. The molecule has 0 bridgehead atoms. The summed E-state index contributed by atoms with van der Waals surface area (Å²) in [7, 11) is 1.80. The van der Waals surface area contributed by atoms with Gasteiger partial charge in [0.2, 0.25) is 0 Å². The van der Waals surface area contributed by atoms with Crippen molar-refractivity contribution in [1.82, 2.24) is 15.0 Å². The second-order valence-electron chi connectivity index (χ2n) is 3.45. The van der Waals surface area contributed by atoms with Crippen LogP contribution in [0.25, 0.3) is 0 Å². The second kappa shape index (κ2) is 5.01. The van der Waals surface area contributed by atoms with Crippen LogP contribution in [0.4, 0.5) is 10.1 Å². The smallest absolute Gasteiger partial charge is 0.125 e. The minimum absolute atomic E-state index is 0.326. The molecule has 0 fully saturated rings. The number of nitrogens with zero attached hydrogens (tertiary/aromatic N) is 3. The van der Waals surface area contributed by atoms with Gasteiger partial charge in [0.1, 0.15) is 5.82 Å². The maximum absolute atomic E-state index is 13.0. The molecule has 1 heterocycles. The van der Waals surface area contributed by atoms with Crippen LogP contribution in [0.5, 0.6) is 0 Å². The topological polar surface area (TPSA) is 42.7 Å². The fourth-order valence-corrected chi connectivity index (χ4v) is 2.32. The first-order valence-corrected chi connectivity index (χ1v) is 5.97. The van der Waals surface area contributed by atoms with Crippen molar-refractivity contribution in [1.29, 1.82) is 0 Å². The number of nitrogens with one attached hydrogen (secondary N) is 1. The van der Waals surface area contributed by atoms with Crippen LogP contribution in [-0.2, 0) is 13.6 Å². The Kier molecular flexibility index (Phi) is 3.63. The summed E-state index contributed by atoms with van der Waals surface area (Å²) < 4.78 is 15.3. The van der Waals surface area contributed by atoms with Gasteiger partial charge in [-0.2, -0.15) is 0 Å². The van der Waals surface area contributed by atoms with Crippen molar-refractivity contribution >= 4 is 33.2 Å². The van der Waals surface area contributed by atoms with Crippen LogP contribution in [0.1, 0.15) is 5.69 Å². The van der Waals surface area contributed by atoms with Crippen molar-refractivity contribution in [3.8, 4) is 0 Å². The van der Waals surface area contributed by atoms with Gasteiger partial charge in [-0.25, -0.2) is 4.39 Å². The summed E-state index contributed by atoms with van der Waals surface area (Å²) in [4.78, 5) is 0. The molecule has 4 nitrogen and oxygen atoms in total. The first-order chi connectivity index (χ1) is 8.08. The standard InChI is InChI=1S/C10H9BrClFN4/c1-17-7(5-15-16-17)4-14-10-8(11)2-6(13)3-9(10)12/h2-3,5,14H,4H2,1H3. The monoisotopic (exact) mass is 318 g/mol. The summed E-state index contributed by atoms with van der Waals surface area (Å²) in [6.07, 6.45) is 1.65. The van der Waals surface area contributed by atoms with Gasteiger partial charge >= 0.3 is 0 Å². The summed E-state index contributed by atoms with van der Waals surface area (Å²) in [5.41, 5.74) is 1.55. The van der Waals surface area contributed by atoms with E-state index in [1.165, 1.54) is 12.1 Å². The lowest BCUT2D eigenvalue weighted by atomic mass is 10.3. The number of halogens is 3. The summed E-state index contributed by atoms with van der Waals surface area (Å²) in [6, 6.07) is 2.62. The normalized spacial score (nSPS) is 10.6. The highest BCUT2D eigenvalue weighted by Crippen LogP contribution is 2.31. The van der Waals surface area contributed by atoms with E-state index in [1.807, 2.05) is 0 Å². The Morgan fingerprint density at radius 2 is 2.29 bits per heavy atom. The number of anilines is 1. The molecule has 90 valence electrons. The Balaban J connectivity index is 2.17. The number of aryl methyl sites for hydroxylation is 1. The van der Waals surface area contributed by atoms with E-state index < -0.39 is 0 Å². The van der Waals surface area contributed by atoms with E-state index >= 15 is 0 Å². The van der Waals surface area contributed by atoms with Gasteiger partial charge in [-0.05, 0) is 28.1 Å². The molecule has 0 aliphatic heterocycles. The van der Waals surface area contributed by atoms with Crippen LogP contribution in [0, 0.1) is 5.82 Å². The molecule has 0 radical (unpaired) electrons. The highest BCUT2D eigenvalue weighted by Gasteiger charge is 2.08. The van der Waals surface area contributed by atoms with Crippen molar-refractivity contribution in [2.24, 2.45) is 7.05 Å². The molecule has 1 aromatic heterocycles. The molecule has 0 unspecified atom stereocenters. The van der Waals surface area contributed by atoms with Crippen LogP contribution < -0.4 is 5.32 Å². The van der Waals surface area contributed by atoms with E-state index in [-0.39, 0.29) is 5.82 Å². The van der Waals surface area contributed by atoms with E-state index in [9.17, 15) is 4.39 Å². The zero-order valence-electron chi connectivity index (χ0n) is 8.91. The third kappa shape index (κ3) is 2.76. The Bertz CT molecular complexity index is 520. The zero-order chi connectivity index (χ0) is 12.4. The van der Waals surface area contributed by atoms with Crippen molar-refractivity contribution in [3.05, 3.63) is 39.3 Å². The van der Waals surface area contributed by atoms with E-state index in [2.05, 4.69) is 31.6 Å². The van der Waals surface area contributed by atoms with E-state index in [1.54, 1.807) is 17.9 Å². The molecule has 0 saturated carbocycles. The molecule has 17 heavy (non-hydrogen) atoms. The van der Waals surface area contributed by atoms with Gasteiger partial charge in [-0.1, -0.05) is 16.8 Å². The summed E-state index contributed by atoms with van der Waals surface area (Å²) in [6.45, 7) is 0.507. The molecule has 1 N–H and O–H groups in total. The van der Waals surface area contributed by atoms with Crippen LogP contribution in [0.2, 0.25) is 5.02 Å². The highest BCUT2D eigenvalue weighted by atomic mass is 79.9. The largest absolute Gasteiger partial charge is 0.377 e. The minimum Gasteiger partial charge on any atom is -0.377 e. The van der Waals surface area contributed by atoms with Crippen LogP contribution in [-0.4, -0.2) is 15.0 Å². The maximum atomic E-state index is 13.0. The number of rotatable bonds is 3. The summed E-state index contributed by atoms with van der Waals surface area (Å²) in [5, 5.41) is 11.0. The molecule has 0 spiro atoms. The molecule has 0 amide bonds. The fourth-order valence-electron chi connectivity index (χ4n) is 1.36. The van der Waals surface area contributed by atoms with Crippen molar-refractivity contribution in [3.63, 3.8) is 0 Å². The predicted octanol–water partition coefficient (Wildman–Crippen LogP) is 2.98. The highest BCUT2D eigenvalue weighted by molar-refractivity contribution is 9.10. The SMILES string of the molecule is Cn1nncc1CNc1c(Cl)cc(F)cc1Br.